The van der Waals surface area contributed by atoms with Crippen LogP contribution in [0.4, 0.5) is 5.69 Å². The van der Waals surface area contributed by atoms with Gasteiger partial charge in [0.15, 0.2) is 0 Å². The Hall–Kier alpha value is -2.85. The summed E-state index contributed by atoms with van der Waals surface area (Å²) >= 11 is 5.87. The van der Waals surface area contributed by atoms with Gasteiger partial charge >= 0.3 is 0 Å². The van der Waals surface area contributed by atoms with Crippen LogP contribution in [-0.2, 0) is 0 Å². The van der Waals surface area contributed by atoms with E-state index in [4.69, 9.17) is 11.6 Å². The Morgan fingerprint density at radius 2 is 1.68 bits per heavy atom. The molecule has 0 aliphatic rings. The summed E-state index contributed by atoms with van der Waals surface area (Å²) in [7, 11) is 0. The number of hydrogen-bond acceptors (Lipinski definition) is 2. The maximum atomic E-state index is 12.4. The lowest BCUT2D eigenvalue weighted by Gasteiger charge is -2.08. The average Bonchev–Trinajstić information content (AvgIpc) is 2.58. The molecule has 3 aromatic rings. The first-order valence-corrected chi connectivity index (χ1v) is 8.20. The predicted octanol–water partition coefficient (Wildman–Crippen LogP) is 4.56. The summed E-state index contributed by atoms with van der Waals surface area (Å²) in [5, 5.41) is 3.38. The fourth-order valence-corrected chi connectivity index (χ4v) is 2.59. The van der Waals surface area contributed by atoms with E-state index >= 15 is 0 Å². The normalized spacial score (nSPS) is 10.5. The van der Waals surface area contributed by atoms with E-state index in [9.17, 15) is 9.59 Å². The van der Waals surface area contributed by atoms with Crippen molar-refractivity contribution in [2.75, 3.05) is 5.32 Å². The van der Waals surface area contributed by atoms with E-state index in [1.807, 2.05) is 44.2 Å². The number of carbonyl (C=O) groups excluding carboxylic acids is 1. The second-order valence-corrected chi connectivity index (χ2v) is 6.31. The minimum atomic E-state index is -0.438. The third kappa shape index (κ3) is 3.80. The van der Waals surface area contributed by atoms with E-state index in [-0.39, 0.29) is 5.56 Å². The van der Waals surface area contributed by atoms with Crippen LogP contribution in [0.2, 0.25) is 5.02 Å². The van der Waals surface area contributed by atoms with Gasteiger partial charge in [-0.05, 0) is 66.9 Å². The van der Waals surface area contributed by atoms with E-state index < -0.39 is 11.5 Å². The Kier molecular flexibility index (Phi) is 4.72. The summed E-state index contributed by atoms with van der Waals surface area (Å²) < 4.78 is 0. The number of aryl methyl sites for hydroxylation is 2. The molecule has 1 heterocycles. The minimum absolute atomic E-state index is 0.0657. The van der Waals surface area contributed by atoms with Crippen LogP contribution in [0.5, 0.6) is 0 Å². The second-order valence-electron chi connectivity index (χ2n) is 5.87. The number of amides is 1. The number of pyridine rings is 1. The molecule has 0 atom stereocenters. The molecule has 0 saturated heterocycles. The number of halogens is 1. The summed E-state index contributed by atoms with van der Waals surface area (Å²) in [4.78, 5) is 27.4. The highest BCUT2D eigenvalue weighted by Crippen LogP contribution is 2.19. The summed E-state index contributed by atoms with van der Waals surface area (Å²) in [6.45, 7) is 3.97. The molecule has 3 rings (SSSR count). The molecule has 2 N–H and O–H groups in total. The number of benzene rings is 2. The fourth-order valence-electron chi connectivity index (χ4n) is 2.47. The van der Waals surface area contributed by atoms with Crippen LogP contribution >= 0.6 is 11.6 Å². The molecule has 0 aliphatic heterocycles. The molecular weight excluding hydrogens is 336 g/mol. The van der Waals surface area contributed by atoms with Crippen molar-refractivity contribution in [1.29, 1.82) is 0 Å². The summed E-state index contributed by atoms with van der Waals surface area (Å²) in [6, 6.07) is 16.0. The Morgan fingerprint density at radius 3 is 2.32 bits per heavy atom. The Morgan fingerprint density at radius 1 is 0.960 bits per heavy atom. The van der Waals surface area contributed by atoms with Crippen LogP contribution in [0.15, 0.2) is 59.4 Å². The van der Waals surface area contributed by atoms with Crippen LogP contribution in [0.1, 0.15) is 21.5 Å². The number of aromatic nitrogens is 1. The quantitative estimate of drug-likeness (QED) is 0.725. The number of anilines is 1. The van der Waals surface area contributed by atoms with Crippen molar-refractivity contribution < 1.29 is 4.79 Å². The van der Waals surface area contributed by atoms with Crippen LogP contribution < -0.4 is 10.9 Å². The summed E-state index contributed by atoms with van der Waals surface area (Å²) in [5.74, 6) is -0.438. The van der Waals surface area contributed by atoms with E-state index in [1.165, 1.54) is 6.07 Å². The zero-order valence-electron chi connectivity index (χ0n) is 13.9. The van der Waals surface area contributed by atoms with Crippen molar-refractivity contribution >= 4 is 23.2 Å². The highest BCUT2D eigenvalue weighted by Gasteiger charge is 2.12. The maximum absolute atomic E-state index is 12.4. The number of carbonyl (C=O) groups is 1. The molecule has 0 bridgehead atoms. The van der Waals surface area contributed by atoms with Crippen LogP contribution in [0.25, 0.3) is 11.3 Å². The molecule has 1 aromatic heterocycles. The predicted molar refractivity (Wildman–Crippen MR) is 101 cm³/mol. The molecule has 2 aromatic carbocycles. The first kappa shape index (κ1) is 17.0. The van der Waals surface area contributed by atoms with Gasteiger partial charge in [-0.1, -0.05) is 29.8 Å². The van der Waals surface area contributed by atoms with Gasteiger partial charge in [-0.3, -0.25) is 9.59 Å². The Labute approximate surface area is 150 Å². The number of rotatable bonds is 3. The minimum Gasteiger partial charge on any atom is -0.322 e. The fraction of sp³-hybridized carbons (Fsp3) is 0.100. The molecule has 0 fully saturated rings. The molecule has 0 radical (unpaired) electrons. The number of nitrogens with one attached hydrogen (secondary N) is 2. The average molecular weight is 353 g/mol. The smallest absolute Gasteiger partial charge is 0.261 e. The van der Waals surface area contributed by atoms with Crippen molar-refractivity contribution in [3.63, 3.8) is 0 Å². The van der Waals surface area contributed by atoms with Gasteiger partial charge in [-0.2, -0.15) is 0 Å². The van der Waals surface area contributed by atoms with Crippen LogP contribution in [-0.4, -0.2) is 10.9 Å². The molecule has 0 aliphatic carbocycles. The van der Waals surface area contributed by atoms with Gasteiger partial charge in [0.2, 0.25) is 0 Å². The van der Waals surface area contributed by atoms with Gasteiger partial charge in [0, 0.05) is 16.4 Å². The second kappa shape index (κ2) is 6.95. The topological polar surface area (TPSA) is 62.0 Å². The molecule has 4 nitrogen and oxygen atoms in total. The van der Waals surface area contributed by atoms with Crippen molar-refractivity contribution in [2.24, 2.45) is 0 Å². The summed E-state index contributed by atoms with van der Waals surface area (Å²) in [6.07, 6.45) is 0. The SMILES string of the molecule is Cc1ccc(NC(=O)c2ccc(-c3ccc(Cl)cc3)[nH]c2=O)cc1C. The lowest BCUT2D eigenvalue weighted by molar-refractivity contribution is 0.102. The monoisotopic (exact) mass is 352 g/mol. The van der Waals surface area contributed by atoms with Gasteiger partial charge in [-0.15, -0.1) is 0 Å². The molecule has 0 spiro atoms. The van der Waals surface area contributed by atoms with E-state index in [0.29, 0.717) is 16.4 Å². The molecule has 5 heteroatoms. The highest BCUT2D eigenvalue weighted by atomic mass is 35.5. The van der Waals surface area contributed by atoms with Crippen molar-refractivity contribution in [1.82, 2.24) is 4.98 Å². The van der Waals surface area contributed by atoms with Crippen molar-refractivity contribution in [2.45, 2.75) is 13.8 Å². The zero-order valence-corrected chi connectivity index (χ0v) is 14.6. The first-order valence-electron chi connectivity index (χ1n) is 7.82. The first-order chi connectivity index (χ1) is 11.9. The van der Waals surface area contributed by atoms with E-state index in [1.54, 1.807) is 18.2 Å². The Balaban J connectivity index is 1.85. The van der Waals surface area contributed by atoms with Crippen molar-refractivity contribution in [3.8, 4) is 11.3 Å². The lowest BCUT2D eigenvalue weighted by atomic mass is 10.1. The van der Waals surface area contributed by atoms with Crippen LogP contribution in [0.3, 0.4) is 0 Å². The highest BCUT2D eigenvalue weighted by molar-refractivity contribution is 6.30. The number of hydrogen-bond donors (Lipinski definition) is 2. The van der Waals surface area contributed by atoms with E-state index in [2.05, 4.69) is 10.3 Å². The van der Waals surface area contributed by atoms with E-state index in [0.717, 1.165) is 16.7 Å². The molecular formula is C20H17ClN2O2. The van der Waals surface area contributed by atoms with Gasteiger partial charge in [0.1, 0.15) is 5.56 Å². The number of aromatic amines is 1. The van der Waals surface area contributed by atoms with Gasteiger partial charge < -0.3 is 10.3 Å². The Bertz CT molecular complexity index is 991. The maximum Gasteiger partial charge on any atom is 0.261 e. The molecule has 1 amide bonds. The third-order valence-corrected chi connectivity index (χ3v) is 4.33. The molecule has 126 valence electrons. The van der Waals surface area contributed by atoms with Gasteiger partial charge in [0.05, 0.1) is 0 Å². The number of H-pyrrole nitrogens is 1. The zero-order chi connectivity index (χ0) is 18.0. The molecule has 25 heavy (non-hydrogen) atoms. The third-order valence-electron chi connectivity index (χ3n) is 4.07. The standard InChI is InChI=1S/C20H17ClN2O2/c1-12-3-8-16(11-13(12)2)22-19(24)17-9-10-18(23-20(17)25)14-4-6-15(21)7-5-14/h3-11H,1-2H3,(H,22,24)(H,23,25). The van der Waals surface area contributed by atoms with Gasteiger partial charge in [0.25, 0.3) is 11.5 Å². The largest absolute Gasteiger partial charge is 0.322 e. The van der Waals surface area contributed by atoms with Crippen LogP contribution in [0, 0.1) is 13.8 Å². The van der Waals surface area contributed by atoms with Gasteiger partial charge in [-0.25, -0.2) is 0 Å². The van der Waals surface area contributed by atoms with Crippen molar-refractivity contribution in [3.05, 3.63) is 86.7 Å². The lowest BCUT2D eigenvalue weighted by Crippen LogP contribution is -2.23. The molecule has 0 unspecified atom stereocenters. The molecule has 0 saturated carbocycles. The summed E-state index contributed by atoms with van der Waals surface area (Å²) in [5.41, 5.74) is 3.96.